The normalized spacial score (nSPS) is 23.1. The number of hydrogen-bond acceptors (Lipinski definition) is 4. The van der Waals surface area contributed by atoms with Gasteiger partial charge in [-0.2, -0.15) is 0 Å². The number of anilines is 1. The Morgan fingerprint density at radius 2 is 1.69 bits per heavy atom. The van der Waals surface area contributed by atoms with Crippen LogP contribution in [0.25, 0.3) is 0 Å². The molecule has 142 valence electrons. The van der Waals surface area contributed by atoms with Gasteiger partial charge in [-0.05, 0) is 58.6 Å². The van der Waals surface area contributed by atoms with Crippen LogP contribution < -0.4 is 4.90 Å². The molecule has 2 heterocycles. The van der Waals surface area contributed by atoms with Gasteiger partial charge in [-0.15, -0.1) is 0 Å². The first-order valence-electron chi connectivity index (χ1n) is 9.62. The van der Waals surface area contributed by atoms with Crippen LogP contribution in [0, 0.1) is 0 Å². The fraction of sp³-hybridized carbons (Fsp3) is 0.650. The molecule has 1 aromatic carbocycles. The summed E-state index contributed by atoms with van der Waals surface area (Å²) < 4.78 is 12.4. The molecule has 0 aliphatic carbocycles. The molecule has 1 aromatic rings. The van der Waals surface area contributed by atoms with Gasteiger partial charge in [0.2, 0.25) is 0 Å². The van der Waals surface area contributed by atoms with Crippen molar-refractivity contribution in [2.24, 2.45) is 0 Å². The van der Waals surface area contributed by atoms with Crippen LogP contribution in [0.15, 0.2) is 24.3 Å². The van der Waals surface area contributed by atoms with Crippen molar-refractivity contribution >= 4 is 18.8 Å². The van der Waals surface area contributed by atoms with Gasteiger partial charge in [0.15, 0.2) is 0 Å². The highest BCUT2D eigenvalue weighted by atomic mass is 16.7. The van der Waals surface area contributed by atoms with Gasteiger partial charge in [0, 0.05) is 24.6 Å². The molecule has 3 rings (SSSR count). The lowest BCUT2D eigenvalue weighted by Gasteiger charge is -2.32. The lowest BCUT2D eigenvalue weighted by molar-refractivity contribution is -0.137. The van der Waals surface area contributed by atoms with Crippen molar-refractivity contribution in [1.82, 2.24) is 0 Å². The van der Waals surface area contributed by atoms with E-state index in [1.807, 2.05) is 45.9 Å². The quantitative estimate of drug-likeness (QED) is 0.809. The molecule has 5 nitrogen and oxygen atoms in total. The van der Waals surface area contributed by atoms with E-state index in [2.05, 4.69) is 11.0 Å². The van der Waals surface area contributed by atoms with E-state index in [-0.39, 0.29) is 12.2 Å². The van der Waals surface area contributed by atoms with Gasteiger partial charge in [0.05, 0.1) is 17.6 Å². The molecule has 0 radical (unpaired) electrons. The second kappa shape index (κ2) is 7.24. The third kappa shape index (κ3) is 3.76. The molecule has 2 fully saturated rings. The second-order valence-corrected chi connectivity index (χ2v) is 8.44. The van der Waals surface area contributed by atoms with Crippen molar-refractivity contribution < 1.29 is 19.2 Å². The number of hydrogen-bond donors (Lipinski definition) is 1. The number of carbonyl (C=O) groups is 1. The van der Waals surface area contributed by atoms with Crippen LogP contribution in [0.5, 0.6) is 0 Å². The maximum Gasteiger partial charge on any atom is 0.466 e. The first kappa shape index (κ1) is 19.2. The Morgan fingerprint density at radius 3 is 2.27 bits per heavy atom. The summed E-state index contributed by atoms with van der Waals surface area (Å²) in [5.41, 5.74) is 1.17. The van der Waals surface area contributed by atoms with Crippen molar-refractivity contribution in [3.05, 3.63) is 29.8 Å². The van der Waals surface area contributed by atoms with Gasteiger partial charge in [-0.3, -0.25) is 4.79 Å². The fourth-order valence-electron chi connectivity index (χ4n) is 3.82. The minimum atomic E-state index is -0.835. The Kier molecular flexibility index (Phi) is 5.36. The van der Waals surface area contributed by atoms with Gasteiger partial charge in [-0.1, -0.05) is 18.2 Å². The summed E-state index contributed by atoms with van der Waals surface area (Å²) in [5.74, 6) is -1.18. The summed E-state index contributed by atoms with van der Waals surface area (Å²) >= 11 is 0. The molecule has 0 bridgehead atoms. The van der Waals surface area contributed by atoms with Crippen molar-refractivity contribution in [1.29, 1.82) is 0 Å². The number of para-hydroxylation sites is 1. The van der Waals surface area contributed by atoms with E-state index in [9.17, 15) is 9.90 Å². The molecule has 0 spiro atoms. The van der Waals surface area contributed by atoms with Gasteiger partial charge >= 0.3 is 13.1 Å². The smallest absolute Gasteiger partial charge is 0.466 e. The minimum Gasteiger partial charge on any atom is -0.481 e. The van der Waals surface area contributed by atoms with E-state index in [4.69, 9.17) is 9.31 Å². The number of carboxylic acid groups (broad SMARTS) is 1. The lowest BCUT2D eigenvalue weighted by Crippen LogP contribution is -2.41. The molecular formula is C20H30BNO4. The summed E-state index contributed by atoms with van der Waals surface area (Å²) in [5, 5.41) is 9.54. The highest BCUT2D eigenvalue weighted by Crippen LogP contribution is 2.43. The molecule has 0 saturated carbocycles. The average molecular weight is 359 g/mol. The Balaban J connectivity index is 1.95. The molecule has 1 atom stereocenters. The van der Waals surface area contributed by atoms with Gasteiger partial charge in [-0.25, -0.2) is 0 Å². The number of nitrogens with zero attached hydrogens (tertiary/aromatic N) is 1. The zero-order valence-corrected chi connectivity index (χ0v) is 16.3. The molecule has 0 aromatic heterocycles. The van der Waals surface area contributed by atoms with Crippen LogP contribution >= 0.6 is 0 Å². The monoisotopic (exact) mass is 359 g/mol. The van der Waals surface area contributed by atoms with E-state index < -0.39 is 24.3 Å². The molecule has 2 aliphatic heterocycles. The predicted molar refractivity (Wildman–Crippen MR) is 104 cm³/mol. The maximum absolute atomic E-state index is 11.6. The minimum absolute atomic E-state index is 0.0122. The molecule has 2 saturated heterocycles. The molecule has 26 heavy (non-hydrogen) atoms. The molecule has 2 aliphatic rings. The number of rotatable bonds is 5. The third-order valence-corrected chi connectivity index (χ3v) is 6.03. The predicted octanol–water partition coefficient (Wildman–Crippen LogP) is 3.87. The van der Waals surface area contributed by atoms with Crippen molar-refractivity contribution in [2.45, 2.75) is 70.4 Å². The van der Waals surface area contributed by atoms with Crippen LogP contribution in [0.1, 0.15) is 64.8 Å². The highest BCUT2D eigenvalue weighted by Gasteiger charge is 2.54. The molecule has 1 N–H and O–H groups in total. The lowest BCUT2D eigenvalue weighted by atomic mass is 9.65. The zero-order valence-electron chi connectivity index (χ0n) is 16.3. The second-order valence-electron chi connectivity index (χ2n) is 8.44. The summed E-state index contributed by atoms with van der Waals surface area (Å²) in [6, 6.07) is 8.13. The molecule has 6 heteroatoms. The average Bonchev–Trinajstić information content (AvgIpc) is 2.81. The van der Waals surface area contributed by atoms with Crippen LogP contribution in [0.4, 0.5) is 5.69 Å². The summed E-state index contributed by atoms with van der Waals surface area (Å²) in [6.07, 6.45) is 3.60. The van der Waals surface area contributed by atoms with Crippen LogP contribution in [-0.2, 0) is 14.1 Å². The first-order valence-corrected chi connectivity index (χ1v) is 9.62. The van der Waals surface area contributed by atoms with E-state index in [0.717, 1.165) is 24.3 Å². The van der Waals surface area contributed by atoms with Crippen molar-refractivity contribution in [3.8, 4) is 0 Å². The van der Waals surface area contributed by atoms with E-state index in [1.54, 1.807) is 0 Å². The molecule has 0 amide bonds. The fourth-order valence-corrected chi connectivity index (χ4v) is 3.82. The number of carboxylic acids is 1. The Hall–Kier alpha value is -1.53. The summed E-state index contributed by atoms with van der Waals surface area (Å²) in [7, 11) is -0.568. The summed E-state index contributed by atoms with van der Waals surface area (Å²) in [6.45, 7) is 10.0. The van der Waals surface area contributed by atoms with Crippen molar-refractivity contribution in [2.75, 3.05) is 18.0 Å². The van der Waals surface area contributed by atoms with Gasteiger partial charge in [0.1, 0.15) is 0 Å². The summed E-state index contributed by atoms with van der Waals surface area (Å²) in [4.78, 5) is 14.0. The molecule has 1 unspecified atom stereocenters. The third-order valence-electron chi connectivity index (χ3n) is 6.03. The Morgan fingerprint density at radius 1 is 1.12 bits per heavy atom. The number of piperidine rings is 1. The van der Waals surface area contributed by atoms with Crippen LogP contribution in [0.3, 0.4) is 0 Å². The topological polar surface area (TPSA) is 59.0 Å². The van der Waals surface area contributed by atoms with Gasteiger partial charge in [0.25, 0.3) is 0 Å². The highest BCUT2D eigenvalue weighted by molar-refractivity contribution is 6.48. The SMILES string of the molecule is CC1(C)OB(C(CC(=O)O)c2ccccc2N2CCCCC2)OC1(C)C. The van der Waals surface area contributed by atoms with E-state index in [0.29, 0.717) is 0 Å². The van der Waals surface area contributed by atoms with E-state index in [1.165, 1.54) is 19.3 Å². The standard InChI is InChI=1S/C20H30BNO4/c1-19(2)20(3,4)26-21(25-19)16(14-18(23)24)15-10-6-7-11-17(15)22-12-8-5-9-13-22/h6-7,10-11,16H,5,8-9,12-14H2,1-4H3,(H,23,24). The molecular weight excluding hydrogens is 329 g/mol. The Bertz CT molecular complexity index is 639. The first-order chi connectivity index (χ1) is 12.2. The zero-order chi connectivity index (χ0) is 18.9. The largest absolute Gasteiger partial charge is 0.481 e. The maximum atomic E-state index is 11.6. The number of aliphatic carboxylic acids is 1. The van der Waals surface area contributed by atoms with E-state index >= 15 is 0 Å². The van der Waals surface area contributed by atoms with Crippen molar-refractivity contribution in [3.63, 3.8) is 0 Å². The van der Waals surface area contributed by atoms with Gasteiger partial charge < -0.3 is 19.3 Å². The van der Waals surface area contributed by atoms with Crippen LogP contribution in [-0.4, -0.2) is 42.5 Å². The Labute approximate surface area is 156 Å². The number of benzene rings is 1. The van der Waals surface area contributed by atoms with Crippen LogP contribution in [0.2, 0.25) is 0 Å².